The Labute approximate surface area is 237 Å². The van der Waals surface area contributed by atoms with Gasteiger partial charge in [0.15, 0.2) is 10.9 Å². The number of rotatable bonds is 8. The highest BCUT2D eigenvalue weighted by atomic mass is 32.1. The van der Waals surface area contributed by atoms with Gasteiger partial charge in [-0.3, -0.25) is 0 Å². The van der Waals surface area contributed by atoms with Crippen molar-refractivity contribution in [2.75, 3.05) is 23.0 Å². The molecule has 0 saturated heterocycles. The van der Waals surface area contributed by atoms with E-state index in [0.717, 1.165) is 33.8 Å². The number of thiocarbonyl (C=S) groups is 1. The van der Waals surface area contributed by atoms with Crippen LogP contribution in [0.15, 0.2) is 97.2 Å². The second kappa shape index (κ2) is 12.2. The summed E-state index contributed by atoms with van der Waals surface area (Å²) in [5.74, 6) is 0.297. The van der Waals surface area contributed by atoms with Gasteiger partial charge in [0.2, 0.25) is 0 Å². The smallest absolute Gasteiger partial charge is 0.343 e. The van der Waals surface area contributed by atoms with Crippen molar-refractivity contribution < 1.29 is 9.53 Å². The van der Waals surface area contributed by atoms with Crippen LogP contribution in [0.3, 0.4) is 0 Å². The third-order valence-corrected chi connectivity index (χ3v) is 6.32. The molecule has 0 amide bonds. The number of esters is 1. The van der Waals surface area contributed by atoms with E-state index in [-0.39, 0.29) is 18.0 Å². The number of nitrogens with two attached hydrogens (primary N) is 1. The highest BCUT2D eigenvalue weighted by Crippen LogP contribution is 2.23. The minimum absolute atomic E-state index is 0.237. The molecule has 0 aliphatic heterocycles. The largest absolute Gasteiger partial charge is 0.462 e. The van der Waals surface area contributed by atoms with Gasteiger partial charge in [-0.15, -0.1) is 10.2 Å². The normalized spacial score (nSPS) is 10.6. The number of carbonyl (C=O) groups is 1. The van der Waals surface area contributed by atoms with Gasteiger partial charge in [-0.05, 0) is 67.0 Å². The third-order valence-electron chi connectivity index (χ3n) is 6.12. The Balaban J connectivity index is 1.24. The molecule has 0 atom stereocenters. The van der Waals surface area contributed by atoms with Gasteiger partial charge in [-0.25, -0.2) is 9.48 Å². The van der Waals surface area contributed by atoms with Crippen molar-refractivity contribution in [3.63, 3.8) is 0 Å². The van der Waals surface area contributed by atoms with Gasteiger partial charge in [-0.2, -0.15) is 5.10 Å². The zero-order chi connectivity index (χ0) is 27.9. The lowest BCUT2D eigenvalue weighted by Crippen LogP contribution is -2.20. The number of hydrogen-bond acceptors (Lipinski definition) is 7. The average Bonchev–Trinajstić information content (AvgIpc) is 3.36. The van der Waals surface area contributed by atoms with Crippen molar-refractivity contribution in [2.24, 2.45) is 0 Å². The molecular formula is C30H27N7O2S. The molecule has 2 aromatic heterocycles. The summed E-state index contributed by atoms with van der Waals surface area (Å²) < 4.78 is 6.56. The van der Waals surface area contributed by atoms with E-state index in [1.54, 1.807) is 6.92 Å². The standard InChI is InChI=1S/C30H27N7O2S/c1-2-39-29(38)24-19-32-37(28(24)31)23-14-12-20(13-15-23)18-22-10-6-7-11-25(22)33-30(40)34-27-17-16-26(35-36-27)21-8-4-3-5-9-21/h3-17,19H,2,18,31H2,1H3,(H2,33,34,36,40). The molecule has 5 aromatic rings. The van der Waals surface area contributed by atoms with Crippen LogP contribution < -0.4 is 16.4 Å². The van der Waals surface area contributed by atoms with Crippen molar-refractivity contribution in [3.05, 3.63) is 114 Å². The number of nitrogens with one attached hydrogen (secondary N) is 2. The van der Waals surface area contributed by atoms with Crippen molar-refractivity contribution in [3.8, 4) is 16.9 Å². The number of para-hydroxylation sites is 1. The van der Waals surface area contributed by atoms with Gasteiger partial charge in [0.1, 0.15) is 11.4 Å². The number of aromatic nitrogens is 4. The zero-order valence-corrected chi connectivity index (χ0v) is 22.6. The predicted octanol–water partition coefficient (Wildman–Crippen LogP) is 5.49. The maximum Gasteiger partial charge on any atom is 0.343 e. The fraction of sp³-hybridized carbons (Fsp3) is 0.100. The number of benzene rings is 3. The topological polar surface area (TPSA) is 120 Å². The summed E-state index contributed by atoms with van der Waals surface area (Å²) in [6.07, 6.45) is 2.09. The number of nitrogen functional groups attached to an aromatic ring is 1. The molecule has 9 nitrogen and oxygen atoms in total. The maximum atomic E-state index is 12.1. The molecule has 200 valence electrons. The molecule has 4 N–H and O–H groups in total. The van der Waals surface area contributed by atoms with Crippen LogP contribution in [0.5, 0.6) is 0 Å². The highest BCUT2D eigenvalue weighted by molar-refractivity contribution is 7.80. The number of hydrogen-bond donors (Lipinski definition) is 3. The molecule has 0 radical (unpaired) electrons. The summed E-state index contributed by atoms with van der Waals surface area (Å²) in [5.41, 5.74) is 11.9. The molecule has 0 fully saturated rings. The lowest BCUT2D eigenvalue weighted by atomic mass is 10.0. The minimum atomic E-state index is -0.490. The van der Waals surface area contributed by atoms with Crippen LogP contribution in [0, 0.1) is 0 Å². The lowest BCUT2D eigenvalue weighted by Gasteiger charge is -2.14. The number of ether oxygens (including phenoxy) is 1. The third kappa shape index (κ3) is 6.13. The molecule has 40 heavy (non-hydrogen) atoms. The molecule has 5 rings (SSSR count). The van der Waals surface area contributed by atoms with Gasteiger partial charge in [0, 0.05) is 11.3 Å². The fourth-order valence-corrected chi connectivity index (χ4v) is 4.35. The van der Waals surface area contributed by atoms with Gasteiger partial charge in [-0.1, -0.05) is 60.7 Å². The molecule has 2 heterocycles. The number of nitrogens with zero attached hydrogens (tertiary/aromatic N) is 4. The van der Waals surface area contributed by atoms with E-state index >= 15 is 0 Å². The Morgan fingerprint density at radius 2 is 1.68 bits per heavy atom. The van der Waals surface area contributed by atoms with E-state index in [2.05, 4.69) is 25.9 Å². The van der Waals surface area contributed by atoms with E-state index in [0.29, 0.717) is 17.4 Å². The Kier molecular flexibility index (Phi) is 8.07. The molecule has 0 aliphatic rings. The van der Waals surface area contributed by atoms with Crippen molar-refractivity contribution in [2.45, 2.75) is 13.3 Å². The zero-order valence-electron chi connectivity index (χ0n) is 21.7. The summed E-state index contributed by atoms with van der Waals surface area (Å²) in [4.78, 5) is 12.1. The molecular weight excluding hydrogens is 522 g/mol. The van der Waals surface area contributed by atoms with Gasteiger partial charge >= 0.3 is 5.97 Å². The molecule has 3 aromatic carbocycles. The monoisotopic (exact) mass is 549 g/mol. The Hall–Kier alpha value is -5.09. The van der Waals surface area contributed by atoms with Gasteiger partial charge in [0.05, 0.1) is 24.2 Å². The highest BCUT2D eigenvalue weighted by Gasteiger charge is 2.17. The molecule has 0 saturated carbocycles. The molecule has 0 bridgehead atoms. The number of carbonyl (C=O) groups excluding carboxylic acids is 1. The van der Waals surface area contributed by atoms with E-state index in [1.165, 1.54) is 10.9 Å². The van der Waals surface area contributed by atoms with Crippen LogP contribution in [-0.2, 0) is 11.2 Å². The van der Waals surface area contributed by atoms with Crippen LogP contribution in [0.2, 0.25) is 0 Å². The average molecular weight is 550 g/mol. The first-order chi connectivity index (χ1) is 19.5. The Bertz CT molecular complexity index is 1620. The first kappa shape index (κ1) is 26.5. The summed E-state index contributed by atoms with van der Waals surface area (Å²) >= 11 is 5.54. The van der Waals surface area contributed by atoms with Crippen LogP contribution >= 0.6 is 12.2 Å². The fourth-order valence-electron chi connectivity index (χ4n) is 4.13. The Morgan fingerprint density at radius 1 is 0.925 bits per heavy atom. The lowest BCUT2D eigenvalue weighted by molar-refractivity contribution is 0.0527. The van der Waals surface area contributed by atoms with Crippen molar-refractivity contribution >= 4 is 40.6 Å². The first-order valence-electron chi connectivity index (χ1n) is 12.7. The maximum absolute atomic E-state index is 12.1. The molecule has 0 aliphatic carbocycles. The Morgan fingerprint density at radius 3 is 2.40 bits per heavy atom. The molecule has 0 spiro atoms. The van der Waals surface area contributed by atoms with Gasteiger partial charge < -0.3 is 21.1 Å². The summed E-state index contributed by atoms with van der Waals surface area (Å²) in [6, 6.07) is 29.4. The van der Waals surface area contributed by atoms with Gasteiger partial charge in [0.25, 0.3) is 0 Å². The quantitative estimate of drug-likeness (QED) is 0.170. The van der Waals surface area contributed by atoms with Crippen LogP contribution in [0.4, 0.5) is 17.3 Å². The first-order valence-corrected chi connectivity index (χ1v) is 13.1. The summed E-state index contributed by atoms with van der Waals surface area (Å²) in [7, 11) is 0. The van der Waals surface area contributed by atoms with Crippen molar-refractivity contribution in [1.29, 1.82) is 0 Å². The van der Waals surface area contributed by atoms with E-state index in [4.69, 9.17) is 22.7 Å². The molecule has 0 unspecified atom stereocenters. The molecule has 10 heteroatoms. The van der Waals surface area contributed by atoms with E-state index < -0.39 is 5.97 Å². The van der Waals surface area contributed by atoms with Crippen LogP contribution in [0.25, 0.3) is 16.9 Å². The summed E-state index contributed by atoms with van der Waals surface area (Å²) in [5, 5.41) is 19.6. The SMILES string of the molecule is CCOC(=O)c1cnn(-c2ccc(Cc3ccccc3NC(=S)Nc3ccc(-c4ccccc4)nn3)cc2)c1N. The summed E-state index contributed by atoms with van der Waals surface area (Å²) in [6.45, 7) is 2.01. The van der Waals surface area contributed by atoms with E-state index in [9.17, 15) is 4.79 Å². The second-order valence-electron chi connectivity index (χ2n) is 8.83. The predicted molar refractivity (Wildman–Crippen MR) is 160 cm³/mol. The van der Waals surface area contributed by atoms with E-state index in [1.807, 2.05) is 91.0 Å². The second-order valence-corrected chi connectivity index (χ2v) is 9.23. The van der Waals surface area contributed by atoms with Crippen molar-refractivity contribution in [1.82, 2.24) is 20.0 Å². The van der Waals surface area contributed by atoms with Crippen LogP contribution in [0.1, 0.15) is 28.4 Å². The van der Waals surface area contributed by atoms with Crippen LogP contribution in [-0.4, -0.2) is 37.7 Å². The minimum Gasteiger partial charge on any atom is -0.462 e. The number of anilines is 3.